The molecule has 0 aromatic heterocycles. The second-order valence-electron chi connectivity index (χ2n) is 5.99. The molecule has 1 fully saturated rings. The maximum Gasteiger partial charge on any atom is 0.252 e. The average Bonchev–Trinajstić information content (AvgIpc) is 2.45. The number of methoxy groups -OCH3 is 1. The Labute approximate surface area is 131 Å². The van der Waals surface area contributed by atoms with Gasteiger partial charge in [-0.3, -0.25) is 4.79 Å². The van der Waals surface area contributed by atoms with Crippen molar-refractivity contribution in [2.45, 2.75) is 25.2 Å². The molecule has 1 aliphatic rings. The summed E-state index contributed by atoms with van der Waals surface area (Å²) in [4.78, 5) is 11.5. The van der Waals surface area contributed by atoms with Gasteiger partial charge in [-0.1, -0.05) is 13.8 Å². The fraction of sp³-hybridized carbons (Fsp3) is 0.533. The zero-order chi connectivity index (χ0) is 16.5. The standard InChI is InChI=1S/C15H22N2O4S/c1-10-6-11(2)9-17(8-10)22(19,20)12-4-5-14(21-3)13(7-12)15(16)18/h4-5,7,10-11H,6,8-9H2,1-3H3,(H2,16,18)/t10-,11-/m1/s1. The first-order valence-corrected chi connectivity index (χ1v) is 8.67. The lowest BCUT2D eigenvalue weighted by Crippen LogP contribution is -2.42. The van der Waals surface area contributed by atoms with Crippen molar-refractivity contribution in [2.75, 3.05) is 20.2 Å². The number of sulfonamides is 1. The fourth-order valence-electron chi connectivity index (χ4n) is 2.99. The molecule has 2 N–H and O–H groups in total. The molecule has 1 saturated heterocycles. The largest absolute Gasteiger partial charge is 0.496 e. The average molecular weight is 326 g/mol. The smallest absolute Gasteiger partial charge is 0.252 e. The summed E-state index contributed by atoms with van der Waals surface area (Å²) in [6.45, 7) is 5.07. The third kappa shape index (κ3) is 3.25. The van der Waals surface area contributed by atoms with Gasteiger partial charge < -0.3 is 10.5 Å². The summed E-state index contributed by atoms with van der Waals surface area (Å²) in [5.74, 6) is 0.181. The minimum absolute atomic E-state index is 0.0710. The van der Waals surface area contributed by atoms with E-state index in [-0.39, 0.29) is 16.2 Å². The molecule has 2 atom stereocenters. The molecule has 0 saturated carbocycles. The summed E-state index contributed by atoms with van der Waals surface area (Å²) in [5, 5.41) is 0. The highest BCUT2D eigenvalue weighted by Crippen LogP contribution is 2.29. The van der Waals surface area contributed by atoms with E-state index in [9.17, 15) is 13.2 Å². The van der Waals surface area contributed by atoms with Crippen LogP contribution in [0.15, 0.2) is 23.1 Å². The molecule has 0 spiro atoms. The summed E-state index contributed by atoms with van der Waals surface area (Å²) in [5.41, 5.74) is 5.37. The Morgan fingerprint density at radius 2 is 1.86 bits per heavy atom. The van der Waals surface area contributed by atoms with Gasteiger partial charge in [0.1, 0.15) is 5.75 Å². The third-order valence-electron chi connectivity index (χ3n) is 3.91. The number of amides is 1. The van der Waals surface area contributed by atoms with Gasteiger partial charge in [-0.2, -0.15) is 4.31 Å². The summed E-state index contributed by atoms with van der Waals surface area (Å²) >= 11 is 0. The minimum atomic E-state index is -3.64. The topological polar surface area (TPSA) is 89.7 Å². The lowest BCUT2D eigenvalue weighted by atomic mass is 9.94. The van der Waals surface area contributed by atoms with Gasteiger partial charge in [0.25, 0.3) is 5.91 Å². The lowest BCUT2D eigenvalue weighted by Gasteiger charge is -2.34. The van der Waals surface area contributed by atoms with Gasteiger partial charge in [-0.25, -0.2) is 8.42 Å². The van der Waals surface area contributed by atoms with Crippen molar-refractivity contribution in [3.63, 3.8) is 0 Å². The van der Waals surface area contributed by atoms with E-state index in [1.165, 1.54) is 29.6 Å². The van der Waals surface area contributed by atoms with Crippen LogP contribution in [0.1, 0.15) is 30.6 Å². The van der Waals surface area contributed by atoms with Crippen LogP contribution in [0.25, 0.3) is 0 Å². The van der Waals surface area contributed by atoms with Crippen molar-refractivity contribution in [2.24, 2.45) is 17.6 Å². The molecule has 1 heterocycles. The van der Waals surface area contributed by atoms with E-state index in [1.807, 2.05) is 13.8 Å². The molecule has 0 radical (unpaired) electrons. The fourth-order valence-corrected chi connectivity index (χ4v) is 4.70. The molecular formula is C15H22N2O4S. The molecule has 1 amide bonds. The number of rotatable bonds is 4. The van der Waals surface area contributed by atoms with Crippen molar-refractivity contribution in [3.8, 4) is 5.75 Å². The Balaban J connectivity index is 2.41. The number of benzene rings is 1. The van der Waals surface area contributed by atoms with Gasteiger partial charge in [0.2, 0.25) is 10.0 Å². The first-order valence-electron chi connectivity index (χ1n) is 7.23. The Hall–Kier alpha value is -1.60. The van der Waals surface area contributed by atoms with Crippen molar-refractivity contribution in [3.05, 3.63) is 23.8 Å². The zero-order valence-electron chi connectivity index (χ0n) is 13.1. The summed E-state index contributed by atoms with van der Waals surface area (Å²) in [6, 6.07) is 4.20. The Bertz CT molecular complexity index is 662. The van der Waals surface area contributed by atoms with E-state index < -0.39 is 15.9 Å². The van der Waals surface area contributed by atoms with Gasteiger partial charge in [-0.05, 0) is 36.5 Å². The molecular weight excluding hydrogens is 304 g/mol. The first-order chi connectivity index (χ1) is 10.3. The van der Waals surface area contributed by atoms with Crippen LogP contribution in [-0.2, 0) is 10.0 Å². The van der Waals surface area contributed by atoms with E-state index in [1.54, 1.807) is 0 Å². The molecule has 122 valence electrons. The molecule has 1 aromatic rings. The number of ether oxygens (including phenoxy) is 1. The van der Waals surface area contributed by atoms with Gasteiger partial charge in [-0.15, -0.1) is 0 Å². The predicted molar refractivity (Wildman–Crippen MR) is 83.2 cm³/mol. The summed E-state index contributed by atoms with van der Waals surface area (Å²) in [7, 11) is -2.23. The number of carbonyl (C=O) groups is 1. The maximum absolute atomic E-state index is 12.8. The molecule has 0 bridgehead atoms. The number of primary amides is 1. The number of nitrogens with zero attached hydrogens (tertiary/aromatic N) is 1. The summed E-state index contributed by atoms with van der Waals surface area (Å²) < 4.78 is 32.1. The van der Waals surface area contributed by atoms with Crippen LogP contribution < -0.4 is 10.5 Å². The van der Waals surface area contributed by atoms with Crippen LogP contribution in [0, 0.1) is 11.8 Å². The number of hydrogen-bond acceptors (Lipinski definition) is 4. The van der Waals surface area contributed by atoms with Crippen LogP contribution >= 0.6 is 0 Å². The SMILES string of the molecule is COc1ccc(S(=O)(=O)N2C[C@H](C)C[C@@H](C)C2)cc1C(N)=O. The third-order valence-corrected chi connectivity index (χ3v) is 5.74. The Kier molecular flexibility index (Phi) is 4.77. The number of piperidine rings is 1. The highest BCUT2D eigenvalue weighted by molar-refractivity contribution is 7.89. The Morgan fingerprint density at radius 3 is 2.36 bits per heavy atom. The van der Waals surface area contributed by atoms with Gasteiger partial charge in [0.05, 0.1) is 17.6 Å². The monoisotopic (exact) mass is 326 g/mol. The van der Waals surface area contributed by atoms with E-state index in [0.717, 1.165) is 6.42 Å². The second kappa shape index (κ2) is 6.26. The van der Waals surface area contributed by atoms with Gasteiger partial charge in [0.15, 0.2) is 0 Å². The number of nitrogens with two attached hydrogens (primary N) is 1. The quantitative estimate of drug-likeness (QED) is 0.907. The minimum Gasteiger partial charge on any atom is -0.496 e. The van der Waals surface area contributed by atoms with Crippen molar-refractivity contribution < 1.29 is 17.9 Å². The first kappa shape index (κ1) is 16.8. The van der Waals surface area contributed by atoms with Crippen LogP contribution in [-0.4, -0.2) is 38.8 Å². The lowest BCUT2D eigenvalue weighted by molar-refractivity contribution is 0.0997. The van der Waals surface area contributed by atoms with E-state index in [0.29, 0.717) is 24.9 Å². The van der Waals surface area contributed by atoms with Gasteiger partial charge >= 0.3 is 0 Å². The van der Waals surface area contributed by atoms with Crippen molar-refractivity contribution in [1.82, 2.24) is 4.31 Å². The molecule has 1 aliphatic heterocycles. The number of hydrogen-bond donors (Lipinski definition) is 1. The molecule has 1 aromatic carbocycles. The van der Waals surface area contributed by atoms with Crippen molar-refractivity contribution >= 4 is 15.9 Å². The molecule has 7 heteroatoms. The van der Waals surface area contributed by atoms with Crippen LogP contribution in [0.2, 0.25) is 0 Å². The molecule has 22 heavy (non-hydrogen) atoms. The summed E-state index contributed by atoms with van der Waals surface area (Å²) in [6.07, 6.45) is 1.02. The maximum atomic E-state index is 12.8. The molecule has 0 unspecified atom stereocenters. The van der Waals surface area contributed by atoms with Crippen LogP contribution in [0.3, 0.4) is 0 Å². The highest BCUT2D eigenvalue weighted by atomic mass is 32.2. The highest BCUT2D eigenvalue weighted by Gasteiger charge is 2.32. The van der Waals surface area contributed by atoms with Crippen molar-refractivity contribution in [1.29, 1.82) is 0 Å². The van der Waals surface area contributed by atoms with E-state index in [4.69, 9.17) is 10.5 Å². The van der Waals surface area contributed by atoms with Crippen LogP contribution in [0.4, 0.5) is 0 Å². The van der Waals surface area contributed by atoms with Crippen LogP contribution in [0.5, 0.6) is 5.75 Å². The number of carbonyl (C=O) groups excluding carboxylic acids is 1. The molecule has 0 aliphatic carbocycles. The molecule has 2 rings (SSSR count). The van der Waals surface area contributed by atoms with E-state index in [2.05, 4.69) is 0 Å². The predicted octanol–water partition coefficient (Wildman–Crippen LogP) is 1.46. The normalized spacial score (nSPS) is 23.2. The molecule has 6 nitrogen and oxygen atoms in total. The second-order valence-corrected chi connectivity index (χ2v) is 7.93. The van der Waals surface area contributed by atoms with E-state index >= 15 is 0 Å². The Morgan fingerprint density at radius 1 is 1.27 bits per heavy atom. The zero-order valence-corrected chi connectivity index (χ0v) is 13.9. The van der Waals surface area contributed by atoms with Gasteiger partial charge in [0, 0.05) is 13.1 Å².